The fourth-order valence-corrected chi connectivity index (χ4v) is 1.79. The summed E-state index contributed by atoms with van der Waals surface area (Å²) in [5.41, 5.74) is 6.75. The van der Waals surface area contributed by atoms with Crippen molar-refractivity contribution in [2.75, 3.05) is 6.54 Å². The summed E-state index contributed by atoms with van der Waals surface area (Å²) in [6.45, 7) is 4.09. The summed E-state index contributed by atoms with van der Waals surface area (Å²) in [4.78, 5) is 4.15. The maximum atomic E-state index is 13.9. The van der Waals surface area contributed by atoms with Gasteiger partial charge in [0.1, 0.15) is 23.2 Å². The van der Waals surface area contributed by atoms with Gasteiger partial charge >= 0.3 is 0 Å². The van der Waals surface area contributed by atoms with Gasteiger partial charge in [0.15, 0.2) is 0 Å². The first-order chi connectivity index (χ1) is 8.11. The molecule has 1 heterocycles. The van der Waals surface area contributed by atoms with E-state index < -0.39 is 0 Å². The quantitative estimate of drug-likeness (QED) is 0.876. The summed E-state index contributed by atoms with van der Waals surface area (Å²) in [7, 11) is 0. The van der Waals surface area contributed by atoms with Crippen molar-refractivity contribution in [1.82, 2.24) is 14.8 Å². The minimum atomic E-state index is -0.302. The van der Waals surface area contributed by atoms with Crippen LogP contribution in [-0.2, 0) is 6.42 Å². The number of aromatic nitrogens is 3. The van der Waals surface area contributed by atoms with E-state index in [4.69, 9.17) is 5.73 Å². The Bertz CT molecular complexity index is 533. The van der Waals surface area contributed by atoms with E-state index in [9.17, 15) is 4.39 Å². The van der Waals surface area contributed by atoms with E-state index in [0.717, 1.165) is 5.56 Å². The Labute approximate surface area is 99.3 Å². The zero-order valence-electron chi connectivity index (χ0n) is 9.94. The predicted octanol–water partition coefficient (Wildman–Crippen LogP) is 1.52. The van der Waals surface area contributed by atoms with Crippen molar-refractivity contribution in [3.63, 3.8) is 0 Å². The number of aryl methyl sites for hydroxylation is 2. The molecule has 0 radical (unpaired) electrons. The number of nitrogens with zero attached hydrogens (tertiary/aromatic N) is 3. The first-order valence-corrected chi connectivity index (χ1v) is 5.51. The van der Waals surface area contributed by atoms with Crippen LogP contribution in [0.1, 0.15) is 17.2 Å². The summed E-state index contributed by atoms with van der Waals surface area (Å²) in [5, 5.41) is 4.16. The Kier molecular flexibility index (Phi) is 3.19. The fourth-order valence-electron chi connectivity index (χ4n) is 1.79. The second-order valence-electron chi connectivity index (χ2n) is 3.94. The van der Waals surface area contributed by atoms with Gasteiger partial charge in [-0.25, -0.2) is 14.1 Å². The number of hydrogen-bond acceptors (Lipinski definition) is 3. The lowest BCUT2D eigenvalue weighted by molar-refractivity contribution is 0.605. The zero-order valence-corrected chi connectivity index (χ0v) is 9.94. The molecule has 0 saturated carbocycles. The van der Waals surface area contributed by atoms with Crippen LogP contribution in [0.2, 0.25) is 0 Å². The standard InChI is InChI=1S/C12H15FN4/c1-8-15-9(2)17(16-8)12-4-3-10(5-6-14)7-11(12)13/h3-4,7H,5-6,14H2,1-2H3. The molecule has 1 aromatic carbocycles. The van der Waals surface area contributed by atoms with Crippen LogP contribution in [0.15, 0.2) is 18.2 Å². The minimum Gasteiger partial charge on any atom is -0.330 e. The van der Waals surface area contributed by atoms with E-state index in [1.807, 2.05) is 6.07 Å². The monoisotopic (exact) mass is 234 g/mol. The maximum Gasteiger partial charge on any atom is 0.149 e. The summed E-state index contributed by atoms with van der Waals surface area (Å²) < 4.78 is 15.4. The lowest BCUT2D eigenvalue weighted by atomic mass is 10.1. The highest BCUT2D eigenvalue weighted by atomic mass is 19.1. The van der Waals surface area contributed by atoms with Crippen molar-refractivity contribution in [2.24, 2.45) is 5.73 Å². The molecule has 0 spiro atoms. The van der Waals surface area contributed by atoms with Crippen molar-refractivity contribution >= 4 is 0 Å². The number of nitrogens with two attached hydrogens (primary N) is 1. The molecule has 0 bridgehead atoms. The van der Waals surface area contributed by atoms with Crippen LogP contribution in [0.4, 0.5) is 4.39 Å². The van der Waals surface area contributed by atoms with Gasteiger partial charge in [-0.3, -0.25) is 0 Å². The van der Waals surface area contributed by atoms with Gasteiger partial charge in [-0.2, -0.15) is 5.10 Å². The van der Waals surface area contributed by atoms with Crippen LogP contribution >= 0.6 is 0 Å². The van der Waals surface area contributed by atoms with Crippen LogP contribution in [-0.4, -0.2) is 21.3 Å². The topological polar surface area (TPSA) is 56.7 Å². The molecule has 0 aliphatic carbocycles. The molecular formula is C12H15FN4. The highest BCUT2D eigenvalue weighted by molar-refractivity contribution is 5.36. The molecule has 0 aliphatic rings. The van der Waals surface area contributed by atoms with Gasteiger partial charge in [0.25, 0.3) is 0 Å². The second-order valence-corrected chi connectivity index (χ2v) is 3.94. The van der Waals surface area contributed by atoms with Crippen LogP contribution < -0.4 is 5.73 Å². The second kappa shape index (κ2) is 4.63. The molecule has 0 aliphatic heterocycles. The maximum absolute atomic E-state index is 13.9. The Balaban J connectivity index is 2.43. The Morgan fingerprint density at radius 1 is 1.35 bits per heavy atom. The number of benzene rings is 1. The molecule has 1 aromatic heterocycles. The Morgan fingerprint density at radius 2 is 2.12 bits per heavy atom. The molecule has 2 aromatic rings. The van der Waals surface area contributed by atoms with Crippen molar-refractivity contribution in [3.05, 3.63) is 41.2 Å². The Hall–Kier alpha value is -1.75. The molecule has 5 heteroatoms. The minimum absolute atomic E-state index is 0.302. The zero-order chi connectivity index (χ0) is 12.4. The molecular weight excluding hydrogens is 219 g/mol. The molecule has 2 N–H and O–H groups in total. The summed E-state index contributed by atoms with van der Waals surface area (Å²) in [5.74, 6) is 1.00. The molecule has 0 saturated heterocycles. The van der Waals surface area contributed by atoms with Gasteiger partial charge in [0.2, 0.25) is 0 Å². The van der Waals surface area contributed by atoms with E-state index in [0.29, 0.717) is 30.3 Å². The number of rotatable bonds is 3. The van der Waals surface area contributed by atoms with E-state index in [2.05, 4.69) is 10.1 Å². The summed E-state index contributed by atoms with van der Waals surface area (Å²) in [6, 6.07) is 5.07. The van der Waals surface area contributed by atoms with Gasteiger partial charge in [0.05, 0.1) is 0 Å². The molecule has 90 valence electrons. The van der Waals surface area contributed by atoms with Crippen molar-refractivity contribution in [1.29, 1.82) is 0 Å². The third-order valence-electron chi connectivity index (χ3n) is 2.55. The van der Waals surface area contributed by atoms with Gasteiger partial charge in [-0.1, -0.05) is 6.07 Å². The van der Waals surface area contributed by atoms with Crippen LogP contribution in [0, 0.1) is 19.7 Å². The normalized spacial score (nSPS) is 10.8. The lowest BCUT2D eigenvalue weighted by Gasteiger charge is -2.06. The van der Waals surface area contributed by atoms with E-state index in [1.54, 1.807) is 19.9 Å². The molecule has 0 unspecified atom stereocenters. The predicted molar refractivity (Wildman–Crippen MR) is 63.5 cm³/mol. The number of halogens is 1. The average molecular weight is 234 g/mol. The van der Waals surface area contributed by atoms with E-state index in [1.165, 1.54) is 10.7 Å². The van der Waals surface area contributed by atoms with Crippen molar-refractivity contribution in [3.8, 4) is 5.69 Å². The van der Waals surface area contributed by atoms with Gasteiger partial charge in [-0.15, -0.1) is 0 Å². The highest BCUT2D eigenvalue weighted by Gasteiger charge is 2.10. The third kappa shape index (κ3) is 2.34. The molecule has 2 rings (SSSR count). The van der Waals surface area contributed by atoms with Crippen LogP contribution in [0.25, 0.3) is 5.69 Å². The highest BCUT2D eigenvalue weighted by Crippen LogP contribution is 2.16. The van der Waals surface area contributed by atoms with E-state index in [-0.39, 0.29) is 5.82 Å². The molecule has 0 amide bonds. The van der Waals surface area contributed by atoms with Gasteiger partial charge < -0.3 is 5.73 Å². The number of hydrogen-bond donors (Lipinski definition) is 1. The fraction of sp³-hybridized carbons (Fsp3) is 0.333. The van der Waals surface area contributed by atoms with E-state index >= 15 is 0 Å². The van der Waals surface area contributed by atoms with Gasteiger partial charge in [-0.05, 0) is 44.5 Å². The van der Waals surface area contributed by atoms with Crippen molar-refractivity contribution in [2.45, 2.75) is 20.3 Å². The summed E-state index contributed by atoms with van der Waals surface area (Å²) in [6.07, 6.45) is 0.673. The third-order valence-corrected chi connectivity index (χ3v) is 2.55. The van der Waals surface area contributed by atoms with Crippen LogP contribution in [0.5, 0.6) is 0 Å². The molecule has 4 nitrogen and oxygen atoms in total. The largest absolute Gasteiger partial charge is 0.330 e. The first-order valence-electron chi connectivity index (χ1n) is 5.51. The first kappa shape index (κ1) is 11.7. The lowest BCUT2D eigenvalue weighted by Crippen LogP contribution is -2.06. The summed E-state index contributed by atoms with van der Waals surface area (Å²) >= 11 is 0. The average Bonchev–Trinajstić information content (AvgIpc) is 2.58. The SMILES string of the molecule is Cc1nc(C)n(-c2ccc(CCN)cc2F)n1. The molecule has 17 heavy (non-hydrogen) atoms. The van der Waals surface area contributed by atoms with Crippen LogP contribution in [0.3, 0.4) is 0 Å². The Morgan fingerprint density at radius 3 is 2.65 bits per heavy atom. The molecule has 0 atom stereocenters. The smallest absolute Gasteiger partial charge is 0.149 e. The molecule has 0 fully saturated rings. The van der Waals surface area contributed by atoms with Crippen molar-refractivity contribution < 1.29 is 4.39 Å². The van der Waals surface area contributed by atoms with Gasteiger partial charge in [0, 0.05) is 0 Å².